The number of hydrogen-bond acceptors (Lipinski definition) is 6. The van der Waals surface area contributed by atoms with Gasteiger partial charge in [-0.15, -0.1) is 11.3 Å². The van der Waals surface area contributed by atoms with Gasteiger partial charge in [0.15, 0.2) is 0 Å². The van der Waals surface area contributed by atoms with Gasteiger partial charge in [-0.25, -0.2) is 18.2 Å². The van der Waals surface area contributed by atoms with Crippen molar-refractivity contribution in [2.45, 2.75) is 11.4 Å². The molecule has 0 aliphatic carbocycles. The van der Waals surface area contributed by atoms with Crippen LogP contribution in [0.2, 0.25) is 0 Å². The number of hydrogen-bond donors (Lipinski definition) is 1. The smallest absolute Gasteiger partial charge is 0.349 e. The van der Waals surface area contributed by atoms with Crippen LogP contribution in [-0.2, 0) is 21.3 Å². The van der Waals surface area contributed by atoms with Crippen LogP contribution < -0.4 is 0 Å². The van der Waals surface area contributed by atoms with Gasteiger partial charge in [0.2, 0.25) is 10.0 Å². The maximum Gasteiger partial charge on any atom is 0.349 e. The molecule has 0 saturated carbocycles. The molecule has 2 rings (SSSR count). The zero-order valence-corrected chi connectivity index (χ0v) is 12.5. The average molecular weight is 315 g/mol. The molecular weight excluding hydrogens is 302 g/mol. The number of ether oxygens (including phenoxy) is 1. The van der Waals surface area contributed by atoms with Crippen molar-refractivity contribution in [1.82, 2.24) is 14.3 Å². The Morgan fingerprint density at radius 1 is 1.55 bits per heavy atom. The normalized spacial score (nSPS) is 11.8. The molecule has 0 aliphatic rings. The number of carbonyl (C=O) groups excluding carboxylic acids is 1. The molecule has 0 fully saturated rings. The van der Waals surface area contributed by atoms with Crippen LogP contribution in [0.4, 0.5) is 0 Å². The molecule has 9 heteroatoms. The summed E-state index contributed by atoms with van der Waals surface area (Å²) in [5, 5.41) is 1.54. The monoisotopic (exact) mass is 315 g/mol. The second-order valence-corrected chi connectivity index (χ2v) is 6.83. The zero-order chi connectivity index (χ0) is 14.8. The van der Waals surface area contributed by atoms with Gasteiger partial charge in [-0.2, -0.15) is 4.31 Å². The number of methoxy groups -OCH3 is 1. The van der Waals surface area contributed by atoms with E-state index in [0.29, 0.717) is 5.82 Å². The molecule has 0 radical (unpaired) electrons. The summed E-state index contributed by atoms with van der Waals surface area (Å²) >= 11 is 1.03. The third-order valence-corrected chi connectivity index (χ3v) is 5.48. The van der Waals surface area contributed by atoms with Crippen LogP contribution in [0.1, 0.15) is 15.5 Å². The van der Waals surface area contributed by atoms with Gasteiger partial charge in [0.25, 0.3) is 0 Å². The van der Waals surface area contributed by atoms with Crippen LogP contribution in [0.3, 0.4) is 0 Å². The Morgan fingerprint density at radius 3 is 2.90 bits per heavy atom. The van der Waals surface area contributed by atoms with Crippen LogP contribution in [0.25, 0.3) is 0 Å². The number of rotatable bonds is 5. The van der Waals surface area contributed by atoms with Gasteiger partial charge in [0.05, 0.1) is 13.7 Å². The molecule has 1 N–H and O–H groups in total. The van der Waals surface area contributed by atoms with Crippen LogP contribution in [0.5, 0.6) is 0 Å². The summed E-state index contributed by atoms with van der Waals surface area (Å²) in [5.41, 5.74) is 0. The standard InChI is InChI=1S/C11H13N3O4S2/c1-14(7-9-12-4-5-13-9)20(16,17)8-3-6-19-10(8)11(15)18-2/h3-6H,7H2,1-2H3,(H,12,13). The minimum atomic E-state index is -3.77. The molecule has 20 heavy (non-hydrogen) atoms. The highest BCUT2D eigenvalue weighted by Gasteiger charge is 2.28. The lowest BCUT2D eigenvalue weighted by molar-refractivity contribution is 0.0602. The van der Waals surface area contributed by atoms with Crippen molar-refractivity contribution in [3.8, 4) is 0 Å². The van der Waals surface area contributed by atoms with Crippen molar-refractivity contribution in [2.75, 3.05) is 14.2 Å². The summed E-state index contributed by atoms with van der Waals surface area (Å²) in [7, 11) is -1.13. The predicted octanol–water partition coefficient (Wildman–Crippen LogP) is 1.08. The molecule has 2 heterocycles. The Balaban J connectivity index is 2.30. The van der Waals surface area contributed by atoms with Crippen LogP contribution in [0, 0.1) is 0 Å². The number of imidazole rings is 1. The Kier molecular flexibility index (Phi) is 4.21. The molecule has 0 aliphatic heterocycles. The molecule has 0 amide bonds. The number of esters is 1. The molecule has 0 bridgehead atoms. The first-order valence-corrected chi connectivity index (χ1v) is 7.89. The lowest BCUT2D eigenvalue weighted by Crippen LogP contribution is -2.27. The van der Waals surface area contributed by atoms with Gasteiger partial charge in [-0.05, 0) is 11.4 Å². The second-order valence-electron chi connectivity index (χ2n) is 3.90. The van der Waals surface area contributed by atoms with Crippen LogP contribution in [-0.4, -0.2) is 42.8 Å². The van der Waals surface area contributed by atoms with Crippen molar-refractivity contribution in [3.05, 3.63) is 34.5 Å². The Labute approximate surface area is 120 Å². The van der Waals surface area contributed by atoms with Gasteiger partial charge in [0, 0.05) is 19.4 Å². The van der Waals surface area contributed by atoms with Gasteiger partial charge in [-0.1, -0.05) is 0 Å². The summed E-state index contributed by atoms with van der Waals surface area (Å²) in [4.78, 5) is 18.4. The Morgan fingerprint density at radius 2 is 2.30 bits per heavy atom. The van der Waals surface area contributed by atoms with Gasteiger partial charge in [0.1, 0.15) is 15.6 Å². The van der Waals surface area contributed by atoms with Crippen molar-refractivity contribution >= 4 is 27.3 Å². The number of carbonyl (C=O) groups is 1. The molecule has 0 unspecified atom stereocenters. The van der Waals surface area contributed by atoms with E-state index in [1.165, 1.54) is 20.2 Å². The highest BCUT2D eigenvalue weighted by Crippen LogP contribution is 2.25. The quantitative estimate of drug-likeness (QED) is 0.833. The average Bonchev–Trinajstić information content (AvgIpc) is 3.08. The van der Waals surface area contributed by atoms with E-state index in [2.05, 4.69) is 14.7 Å². The lowest BCUT2D eigenvalue weighted by atomic mass is 10.5. The Hall–Kier alpha value is -1.71. The second kappa shape index (κ2) is 5.73. The number of aromatic nitrogens is 2. The van der Waals surface area contributed by atoms with E-state index in [4.69, 9.17) is 0 Å². The van der Waals surface area contributed by atoms with Crippen molar-refractivity contribution in [2.24, 2.45) is 0 Å². The third kappa shape index (κ3) is 2.74. The zero-order valence-electron chi connectivity index (χ0n) is 10.9. The van der Waals surface area contributed by atoms with Gasteiger partial charge < -0.3 is 9.72 Å². The minimum absolute atomic E-state index is 0.0524. The highest BCUT2D eigenvalue weighted by molar-refractivity contribution is 7.89. The molecule has 7 nitrogen and oxygen atoms in total. The van der Waals surface area contributed by atoms with E-state index in [1.54, 1.807) is 17.8 Å². The van der Waals surface area contributed by atoms with Crippen LogP contribution in [0.15, 0.2) is 28.7 Å². The van der Waals surface area contributed by atoms with E-state index in [0.717, 1.165) is 15.6 Å². The van der Waals surface area contributed by atoms with Gasteiger partial charge >= 0.3 is 5.97 Å². The summed E-state index contributed by atoms with van der Waals surface area (Å²) in [6.45, 7) is 0.0891. The lowest BCUT2D eigenvalue weighted by Gasteiger charge is -2.15. The van der Waals surface area contributed by atoms with Gasteiger partial charge in [-0.3, -0.25) is 0 Å². The van der Waals surface area contributed by atoms with E-state index in [1.807, 2.05) is 0 Å². The summed E-state index contributed by atoms with van der Waals surface area (Å²) < 4.78 is 30.6. The molecule has 0 atom stereocenters. The predicted molar refractivity (Wildman–Crippen MR) is 72.9 cm³/mol. The molecule has 0 aromatic carbocycles. The highest BCUT2D eigenvalue weighted by atomic mass is 32.2. The molecule has 2 aromatic heterocycles. The fourth-order valence-electron chi connectivity index (χ4n) is 1.59. The number of thiophene rings is 1. The van der Waals surface area contributed by atoms with Crippen molar-refractivity contribution in [3.63, 3.8) is 0 Å². The molecular formula is C11H13N3O4S2. The molecule has 0 spiro atoms. The topological polar surface area (TPSA) is 92.4 Å². The van der Waals surface area contributed by atoms with Crippen molar-refractivity contribution in [1.29, 1.82) is 0 Å². The molecule has 108 valence electrons. The number of nitrogens with one attached hydrogen (secondary N) is 1. The fourth-order valence-corrected chi connectivity index (χ4v) is 4.03. The maximum absolute atomic E-state index is 12.4. The number of nitrogens with zero attached hydrogens (tertiary/aromatic N) is 2. The van der Waals surface area contributed by atoms with Crippen molar-refractivity contribution < 1.29 is 17.9 Å². The van der Waals surface area contributed by atoms with E-state index >= 15 is 0 Å². The van der Waals surface area contributed by atoms with Crippen LogP contribution >= 0.6 is 11.3 Å². The summed E-state index contributed by atoms with van der Waals surface area (Å²) in [5.74, 6) is -0.143. The number of H-pyrrole nitrogens is 1. The van der Waals surface area contributed by atoms with E-state index < -0.39 is 16.0 Å². The first-order valence-electron chi connectivity index (χ1n) is 5.57. The summed E-state index contributed by atoms with van der Waals surface area (Å²) in [6.07, 6.45) is 3.15. The first-order chi connectivity index (χ1) is 9.46. The third-order valence-electron chi connectivity index (χ3n) is 2.62. The first kappa shape index (κ1) is 14.7. The largest absolute Gasteiger partial charge is 0.465 e. The fraction of sp³-hybridized carbons (Fsp3) is 0.273. The van der Waals surface area contributed by atoms with E-state index in [-0.39, 0.29) is 16.3 Å². The number of sulfonamides is 1. The SMILES string of the molecule is COC(=O)c1sccc1S(=O)(=O)N(C)Cc1ncc[nH]1. The van der Waals surface area contributed by atoms with E-state index in [9.17, 15) is 13.2 Å². The molecule has 0 saturated heterocycles. The molecule has 2 aromatic rings. The summed E-state index contributed by atoms with van der Waals surface area (Å²) in [6, 6.07) is 1.39. The maximum atomic E-state index is 12.4. The Bertz CT molecular complexity index is 691. The minimum Gasteiger partial charge on any atom is -0.465 e. The number of aromatic amines is 1.